The Morgan fingerprint density at radius 3 is 2.65 bits per heavy atom. The number of rotatable bonds is 5. The Morgan fingerprint density at radius 1 is 1.22 bits per heavy atom. The Morgan fingerprint density at radius 2 is 1.96 bits per heavy atom. The lowest BCUT2D eigenvalue weighted by Crippen LogP contribution is -2.24. The summed E-state index contributed by atoms with van der Waals surface area (Å²) in [5.41, 5.74) is 3.90. The van der Waals surface area contributed by atoms with E-state index >= 15 is 0 Å². The van der Waals surface area contributed by atoms with Crippen LogP contribution in [0.3, 0.4) is 0 Å². The molecule has 2 N–H and O–H groups in total. The molecule has 0 spiro atoms. The second-order valence-corrected chi connectivity index (χ2v) is 4.78. The molecule has 0 radical (unpaired) electrons. The molecule has 0 fully saturated rings. The molecule has 0 atom stereocenters. The maximum absolute atomic E-state index is 11.6. The zero-order chi connectivity index (χ0) is 16.2. The number of ether oxygens (including phenoxy) is 1. The Labute approximate surface area is 131 Å². The number of nitrogens with zero attached hydrogens (tertiary/aromatic N) is 2. The molecule has 1 aromatic heterocycles. The van der Waals surface area contributed by atoms with Crippen LogP contribution in [0.5, 0.6) is 5.75 Å². The summed E-state index contributed by atoms with van der Waals surface area (Å²) in [6.07, 6.45) is 0. The quantitative estimate of drug-likeness (QED) is 0.425. The summed E-state index contributed by atoms with van der Waals surface area (Å²) in [6, 6.07) is 14.2. The third kappa shape index (κ3) is 2.90. The predicted octanol–water partition coefficient (Wildman–Crippen LogP) is 1.74. The fraction of sp³-hybridized carbons (Fsp3) is 0.0625. The maximum Gasteiger partial charge on any atom is 0.298 e. The lowest BCUT2D eigenvalue weighted by molar-refractivity contribution is -0.129. The van der Waals surface area contributed by atoms with E-state index in [1.807, 2.05) is 24.3 Å². The van der Waals surface area contributed by atoms with E-state index in [1.54, 1.807) is 34.3 Å². The highest BCUT2D eigenvalue weighted by atomic mass is 16.5. The molecule has 0 aliphatic rings. The smallest absolute Gasteiger partial charge is 0.298 e. The Balaban J connectivity index is 2.09. The van der Waals surface area contributed by atoms with E-state index in [-0.39, 0.29) is 6.54 Å². The lowest BCUT2D eigenvalue weighted by atomic mass is 10.2. The van der Waals surface area contributed by atoms with Crippen molar-refractivity contribution in [3.63, 3.8) is 0 Å². The van der Waals surface area contributed by atoms with Crippen molar-refractivity contribution < 1.29 is 19.5 Å². The minimum absolute atomic E-state index is 0.0705. The number of nitrogens with one attached hydrogen (secondary N) is 1. The van der Waals surface area contributed by atoms with Crippen LogP contribution in [0.15, 0.2) is 48.5 Å². The van der Waals surface area contributed by atoms with Gasteiger partial charge < -0.3 is 9.30 Å². The molecule has 116 valence electrons. The molecular formula is C16H13N3O4. The van der Waals surface area contributed by atoms with Gasteiger partial charge in [-0.3, -0.25) is 14.8 Å². The number of para-hydroxylation sites is 2. The number of hydroxylamine groups is 1. The second kappa shape index (κ2) is 6.29. The number of aromatic nitrogens is 2. The van der Waals surface area contributed by atoms with Crippen LogP contribution >= 0.6 is 0 Å². The van der Waals surface area contributed by atoms with Gasteiger partial charge in [0, 0.05) is 5.56 Å². The van der Waals surface area contributed by atoms with Gasteiger partial charge in [-0.15, -0.1) is 0 Å². The van der Waals surface area contributed by atoms with Gasteiger partial charge in [0.1, 0.15) is 18.1 Å². The van der Waals surface area contributed by atoms with Gasteiger partial charge in [-0.1, -0.05) is 12.1 Å². The average Bonchev–Trinajstić information content (AvgIpc) is 2.94. The fourth-order valence-electron chi connectivity index (χ4n) is 2.37. The van der Waals surface area contributed by atoms with Crippen LogP contribution in [0.2, 0.25) is 0 Å². The highest BCUT2D eigenvalue weighted by Gasteiger charge is 2.14. The molecule has 2 aromatic carbocycles. The van der Waals surface area contributed by atoms with Crippen LogP contribution in [0.25, 0.3) is 22.4 Å². The standard InChI is InChI=1S/C16H13N3O4/c20-10-23-12-7-5-11(6-8-12)16-17-13-3-1-2-4-14(13)19(16)9-15(21)18-22/h1-8,10,22H,9H2,(H,18,21). The van der Waals surface area contributed by atoms with Crippen molar-refractivity contribution in [2.45, 2.75) is 6.54 Å². The molecule has 7 heteroatoms. The van der Waals surface area contributed by atoms with E-state index in [0.29, 0.717) is 18.0 Å². The average molecular weight is 311 g/mol. The Kier molecular flexibility index (Phi) is 4.03. The molecule has 3 rings (SSSR count). The molecule has 0 bridgehead atoms. The van der Waals surface area contributed by atoms with Crippen molar-refractivity contribution in [1.82, 2.24) is 15.0 Å². The molecule has 7 nitrogen and oxygen atoms in total. The third-order valence-electron chi connectivity index (χ3n) is 3.38. The minimum Gasteiger partial charge on any atom is -0.429 e. The SMILES string of the molecule is O=COc1ccc(-c2nc3ccccc3n2CC(=O)NO)cc1. The number of imidazole rings is 1. The Bertz CT molecular complexity index is 855. The van der Waals surface area contributed by atoms with Crippen molar-refractivity contribution in [2.75, 3.05) is 0 Å². The number of hydrogen-bond donors (Lipinski definition) is 2. The van der Waals surface area contributed by atoms with Crippen molar-refractivity contribution >= 4 is 23.4 Å². The summed E-state index contributed by atoms with van der Waals surface area (Å²) >= 11 is 0. The summed E-state index contributed by atoms with van der Waals surface area (Å²) in [5, 5.41) is 8.78. The molecule has 1 heterocycles. The number of carbonyl (C=O) groups is 2. The van der Waals surface area contributed by atoms with Gasteiger partial charge in [0.15, 0.2) is 0 Å². The monoisotopic (exact) mass is 311 g/mol. The van der Waals surface area contributed by atoms with E-state index < -0.39 is 5.91 Å². The number of carbonyl (C=O) groups excluding carboxylic acids is 2. The molecule has 0 aliphatic carbocycles. The zero-order valence-corrected chi connectivity index (χ0v) is 12.0. The molecule has 1 amide bonds. The number of fused-ring (bicyclic) bond motifs is 1. The second-order valence-electron chi connectivity index (χ2n) is 4.78. The zero-order valence-electron chi connectivity index (χ0n) is 12.0. The Hall–Kier alpha value is -3.19. The number of benzene rings is 2. The van der Waals surface area contributed by atoms with Gasteiger partial charge in [0.05, 0.1) is 11.0 Å². The van der Waals surface area contributed by atoms with E-state index in [1.165, 1.54) is 0 Å². The highest BCUT2D eigenvalue weighted by molar-refractivity contribution is 5.84. The van der Waals surface area contributed by atoms with Gasteiger partial charge in [0.25, 0.3) is 12.4 Å². The lowest BCUT2D eigenvalue weighted by Gasteiger charge is -2.08. The molecule has 0 aliphatic heterocycles. The predicted molar refractivity (Wildman–Crippen MR) is 81.8 cm³/mol. The molecule has 3 aromatic rings. The van der Waals surface area contributed by atoms with E-state index in [9.17, 15) is 9.59 Å². The van der Waals surface area contributed by atoms with Gasteiger partial charge in [-0.05, 0) is 36.4 Å². The van der Waals surface area contributed by atoms with Crippen LogP contribution in [-0.4, -0.2) is 27.1 Å². The van der Waals surface area contributed by atoms with Crippen molar-refractivity contribution in [3.05, 3.63) is 48.5 Å². The highest BCUT2D eigenvalue weighted by Crippen LogP contribution is 2.26. The molecule has 23 heavy (non-hydrogen) atoms. The first kappa shape index (κ1) is 14.7. The first-order chi connectivity index (χ1) is 11.2. The van der Waals surface area contributed by atoms with E-state index in [4.69, 9.17) is 9.94 Å². The first-order valence-corrected chi connectivity index (χ1v) is 6.82. The largest absolute Gasteiger partial charge is 0.429 e. The molecule has 0 saturated heterocycles. The summed E-state index contributed by atoms with van der Waals surface area (Å²) in [6.45, 7) is 0.286. The van der Waals surface area contributed by atoms with E-state index in [0.717, 1.165) is 16.6 Å². The number of amides is 1. The molecular weight excluding hydrogens is 298 g/mol. The minimum atomic E-state index is -0.546. The third-order valence-corrected chi connectivity index (χ3v) is 3.38. The van der Waals surface area contributed by atoms with Gasteiger partial charge >= 0.3 is 0 Å². The van der Waals surface area contributed by atoms with Gasteiger partial charge in [-0.25, -0.2) is 10.5 Å². The summed E-state index contributed by atoms with van der Waals surface area (Å²) in [5.74, 6) is 0.447. The maximum atomic E-state index is 11.6. The summed E-state index contributed by atoms with van der Waals surface area (Å²) in [7, 11) is 0. The normalized spacial score (nSPS) is 10.5. The van der Waals surface area contributed by atoms with Crippen LogP contribution in [0, 0.1) is 0 Å². The topological polar surface area (TPSA) is 93.5 Å². The van der Waals surface area contributed by atoms with Gasteiger partial charge in [-0.2, -0.15) is 0 Å². The van der Waals surface area contributed by atoms with Gasteiger partial charge in [0.2, 0.25) is 0 Å². The van der Waals surface area contributed by atoms with E-state index in [2.05, 4.69) is 4.98 Å². The first-order valence-electron chi connectivity index (χ1n) is 6.82. The summed E-state index contributed by atoms with van der Waals surface area (Å²) < 4.78 is 6.47. The van der Waals surface area contributed by atoms with Crippen molar-refractivity contribution in [3.8, 4) is 17.1 Å². The van der Waals surface area contributed by atoms with Crippen molar-refractivity contribution in [1.29, 1.82) is 0 Å². The van der Waals surface area contributed by atoms with Crippen LogP contribution in [0.1, 0.15) is 0 Å². The van der Waals surface area contributed by atoms with Crippen LogP contribution < -0.4 is 10.2 Å². The fourth-order valence-corrected chi connectivity index (χ4v) is 2.37. The number of hydrogen-bond acceptors (Lipinski definition) is 5. The van der Waals surface area contributed by atoms with Crippen LogP contribution in [0.4, 0.5) is 0 Å². The molecule has 0 saturated carbocycles. The summed E-state index contributed by atoms with van der Waals surface area (Å²) in [4.78, 5) is 26.5. The van der Waals surface area contributed by atoms with Crippen molar-refractivity contribution in [2.24, 2.45) is 0 Å². The molecule has 0 unspecified atom stereocenters. The van der Waals surface area contributed by atoms with Crippen LogP contribution in [-0.2, 0) is 16.1 Å².